The zero-order valence-corrected chi connectivity index (χ0v) is 12.7. The van der Waals surface area contributed by atoms with Gasteiger partial charge in [0.1, 0.15) is 11.6 Å². The van der Waals surface area contributed by atoms with Crippen molar-refractivity contribution >= 4 is 11.6 Å². The minimum absolute atomic E-state index is 0.0346. The normalized spacial score (nSPS) is 12.0. The van der Waals surface area contributed by atoms with Crippen LogP contribution in [0.4, 0.5) is 5.82 Å². The summed E-state index contributed by atoms with van der Waals surface area (Å²) in [7, 11) is 0. The lowest BCUT2D eigenvalue weighted by Gasteiger charge is -2.11. The minimum Gasteiger partial charge on any atom is -0.507 e. The van der Waals surface area contributed by atoms with E-state index < -0.39 is 0 Å². The Morgan fingerprint density at radius 1 is 1.41 bits per heavy atom. The fraction of sp³-hybridized carbons (Fsp3) is 0.312. The molecule has 2 rings (SSSR count). The SMILES string of the molecule is CC[C@H](N)CNc1ccnc(-c2cc(C(C)=O)ccc2O)n1. The standard InChI is InChI=1S/C16H20N4O2/c1-3-12(17)9-19-15-6-7-18-16(20-15)13-8-11(10(2)21)4-5-14(13)22/h4-8,12,22H,3,9,17H2,1-2H3,(H,18,19,20)/t12-/m0/s1. The molecule has 2 aromatic rings. The van der Waals surface area contributed by atoms with Crippen LogP contribution < -0.4 is 11.1 Å². The van der Waals surface area contributed by atoms with E-state index in [1.165, 1.54) is 13.0 Å². The first-order chi connectivity index (χ1) is 10.5. The molecule has 0 saturated carbocycles. The van der Waals surface area contributed by atoms with Crippen molar-refractivity contribution in [1.29, 1.82) is 0 Å². The number of phenolic OH excluding ortho intramolecular Hbond substituents is 1. The Hall–Kier alpha value is -2.47. The molecule has 1 aromatic carbocycles. The molecule has 0 amide bonds. The quantitative estimate of drug-likeness (QED) is 0.707. The first-order valence-electron chi connectivity index (χ1n) is 7.18. The molecule has 0 aliphatic carbocycles. The molecular weight excluding hydrogens is 280 g/mol. The minimum atomic E-state index is -0.0792. The van der Waals surface area contributed by atoms with Gasteiger partial charge < -0.3 is 16.2 Å². The van der Waals surface area contributed by atoms with Crippen molar-refractivity contribution in [2.24, 2.45) is 5.73 Å². The molecular formula is C16H20N4O2. The maximum absolute atomic E-state index is 11.5. The van der Waals surface area contributed by atoms with Gasteiger partial charge in [0, 0.05) is 24.3 Å². The van der Waals surface area contributed by atoms with Gasteiger partial charge in [0.2, 0.25) is 0 Å². The highest BCUT2D eigenvalue weighted by Crippen LogP contribution is 2.28. The number of carbonyl (C=O) groups is 1. The summed E-state index contributed by atoms with van der Waals surface area (Å²) in [6.07, 6.45) is 2.47. The molecule has 1 heterocycles. The number of hydrogen-bond acceptors (Lipinski definition) is 6. The van der Waals surface area contributed by atoms with Crippen LogP contribution in [0.2, 0.25) is 0 Å². The summed E-state index contributed by atoms with van der Waals surface area (Å²) in [6.45, 7) is 4.09. The van der Waals surface area contributed by atoms with Gasteiger partial charge in [-0.2, -0.15) is 0 Å². The fourth-order valence-corrected chi connectivity index (χ4v) is 1.90. The van der Waals surface area contributed by atoms with Crippen LogP contribution in [0.15, 0.2) is 30.5 Å². The first kappa shape index (κ1) is 15.9. The lowest BCUT2D eigenvalue weighted by molar-refractivity contribution is 0.101. The van der Waals surface area contributed by atoms with E-state index >= 15 is 0 Å². The van der Waals surface area contributed by atoms with Crippen molar-refractivity contribution in [2.45, 2.75) is 26.3 Å². The third kappa shape index (κ3) is 3.79. The molecule has 0 aliphatic heterocycles. The number of aromatic nitrogens is 2. The number of carbonyl (C=O) groups excluding carboxylic acids is 1. The Balaban J connectivity index is 2.29. The number of aromatic hydroxyl groups is 1. The van der Waals surface area contributed by atoms with Crippen LogP contribution >= 0.6 is 0 Å². The van der Waals surface area contributed by atoms with E-state index in [-0.39, 0.29) is 17.6 Å². The summed E-state index contributed by atoms with van der Waals surface area (Å²) in [5.41, 5.74) is 6.79. The zero-order chi connectivity index (χ0) is 16.1. The lowest BCUT2D eigenvalue weighted by atomic mass is 10.1. The van der Waals surface area contributed by atoms with Crippen LogP contribution in [0.3, 0.4) is 0 Å². The largest absolute Gasteiger partial charge is 0.507 e. The van der Waals surface area contributed by atoms with Gasteiger partial charge in [-0.25, -0.2) is 9.97 Å². The van der Waals surface area contributed by atoms with Gasteiger partial charge in [0.25, 0.3) is 0 Å². The summed E-state index contributed by atoms with van der Waals surface area (Å²) >= 11 is 0. The Morgan fingerprint density at radius 3 is 2.86 bits per heavy atom. The second-order valence-corrected chi connectivity index (χ2v) is 5.10. The summed E-state index contributed by atoms with van der Waals surface area (Å²) < 4.78 is 0. The summed E-state index contributed by atoms with van der Waals surface area (Å²) in [5.74, 6) is 0.939. The van der Waals surface area contributed by atoms with Crippen molar-refractivity contribution in [2.75, 3.05) is 11.9 Å². The molecule has 0 fully saturated rings. The summed E-state index contributed by atoms with van der Waals surface area (Å²) in [5, 5.41) is 13.1. The molecule has 0 aliphatic rings. The van der Waals surface area contributed by atoms with Crippen molar-refractivity contribution < 1.29 is 9.90 Å². The third-order valence-corrected chi connectivity index (χ3v) is 3.37. The van der Waals surface area contributed by atoms with Crippen molar-refractivity contribution in [3.05, 3.63) is 36.0 Å². The molecule has 1 atom stereocenters. The fourth-order valence-electron chi connectivity index (χ4n) is 1.90. The molecule has 116 valence electrons. The van der Waals surface area contributed by atoms with E-state index in [4.69, 9.17) is 5.73 Å². The van der Waals surface area contributed by atoms with Gasteiger partial charge in [-0.05, 0) is 37.6 Å². The van der Waals surface area contributed by atoms with E-state index in [2.05, 4.69) is 15.3 Å². The van der Waals surface area contributed by atoms with Crippen LogP contribution in [0, 0.1) is 0 Å². The van der Waals surface area contributed by atoms with E-state index in [0.29, 0.717) is 29.3 Å². The number of ketones is 1. The monoisotopic (exact) mass is 300 g/mol. The molecule has 6 nitrogen and oxygen atoms in total. The van der Waals surface area contributed by atoms with Gasteiger partial charge in [-0.1, -0.05) is 6.92 Å². The van der Waals surface area contributed by atoms with Crippen LogP contribution in [-0.4, -0.2) is 33.4 Å². The van der Waals surface area contributed by atoms with Gasteiger partial charge >= 0.3 is 0 Å². The highest BCUT2D eigenvalue weighted by molar-refractivity contribution is 5.95. The van der Waals surface area contributed by atoms with Crippen molar-refractivity contribution in [3.63, 3.8) is 0 Å². The number of hydrogen-bond donors (Lipinski definition) is 3. The van der Waals surface area contributed by atoms with Crippen molar-refractivity contribution in [3.8, 4) is 17.1 Å². The Morgan fingerprint density at radius 2 is 2.18 bits per heavy atom. The van der Waals surface area contributed by atoms with Crippen molar-refractivity contribution in [1.82, 2.24) is 9.97 Å². The Kier molecular flexibility index (Phi) is 5.06. The van der Waals surface area contributed by atoms with Gasteiger partial charge in [-0.15, -0.1) is 0 Å². The van der Waals surface area contributed by atoms with Crippen LogP contribution in [-0.2, 0) is 0 Å². The number of phenols is 1. The van der Waals surface area contributed by atoms with Gasteiger partial charge in [-0.3, -0.25) is 4.79 Å². The number of nitrogens with two attached hydrogens (primary N) is 1. The predicted octanol–water partition coefficient (Wildman–Crippen LogP) is 2.20. The number of rotatable bonds is 6. The molecule has 0 unspecified atom stereocenters. The Bertz CT molecular complexity index is 673. The van der Waals surface area contributed by atoms with Gasteiger partial charge in [0.05, 0.1) is 5.56 Å². The molecule has 4 N–H and O–H groups in total. The van der Waals surface area contributed by atoms with Gasteiger partial charge in [0.15, 0.2) is 11.6 Å². The maximum Gasteiger partial charge on any atom is 0.165 e. The van der Waals surface area contributed by atoms with E-state index in [1.807, 2.05) is 6.92 Å². The van der Waals surface area contributed by atoms with Crippen LogP contribution in [0.1, 0.15) is 30.6 Å². The highest BCUT2D eigenvalue weighted by Gasteiger charge is 2.11. The number of nitrogens with zero attached hydrogens (tertiary/aromatic N) is 2. The number of Topliss-reactive ketones (excluding diaryl/α,β-unsaturated/α-hetero) is 1. The molecule has 22 heavy (non-hydrogen) atoms. The second-order valence-electron chi connectivity index (χ2n) is 5.10. The van der Waals surface area contributed by atoms with E-state index in [9.17, 15) is 9.90 Å². The average Bonchev–Trinajstić information content (AvgIpc) is 2.53. The third-order valence-electron chi connectivity index (χ3n) is 3.37. The van der Waals surface area contributed by atoms with Crippen LogP contribution in [0.25, 0.3) is 11.4 Å². The highest BCUT2D eigenvalue weighted by atomic mass is 16.3. The number of benzene rings is 1. The maximum atomic E-state index is 11.5. The Labute approximate surface area is 129 Å². The molecule has 0 saturated heterocycles. The topological polar surface area (TPSA) is 101 Å². The second kappa shape index (κ2) is 7.00. The average molecular weight is 300 g/mol. The molecule has 1 aromatic heterocycles. The van der Waals surface area contributed by atoms with E-state index in [0.717, 1.165) is 6.42 Å². The number of anilines is 1. The molecule has 0 bridgehead atoms. The molecule has 0 radical (unpaired) electrons. The molecule has 6 heteroatoms. The predicted molar refractivity (Wildman–Crippen MR) is 85.9 cm³/mol. The zero-order valence-electron chi connectivity index (χ0n) is 12.7. The van der Waals surface area contributed by atoms with E-state index in [1.54, 1.807) is 24.4 Å². The molecule has 0 spiro atoms. The van der Waals surface area contributed by atoms with Crippen LogP contribution in [0.5, 0.6) is 5.75 Å². The summed E-state index contributed by atoms with van der Waals surface area (Å²) in [4.78, 5) is 20.0. The summed E-state index contributed by atoms with van der Waals surface area (Å²) in [6, 6.07) is 6.42. The number of nitrogens with one attached hydrogen (secondary N) is 1. The smallest absolute Gasteiger partial charge is 0.165 e. The first-order valence-corrected chi connectivity index (χ1v) is 7.18. The lowest BCUT2D eigenvalue weighted by Crippen LogP contribution is -2.28.